The van der Waals surface area contributed by atoms with E-state index >= 15 is 0 Å². The topological polar surface area (TPSA) is 44.2 Å². The highest BCUT2D eigenvalue weighted by Crippen LogP contribution is 2.38. The summed E-state index contributed by atoms with van der Waals surface area (Å²) in [6, 6.07) is 7.51. The molecule has 3 rings (SSSR count). The predicted octanol–water partition coefficient (Wildman–Crippen LogP) is 3.15. The molecule has 1 aliphatic carbocycles. The number of aromatic nitrogens is 2. The van der Waals surface area contributed by atoms with E-state index in [-0.39, 0.29) is 0 Å². The molecule has 0 amide bonds. The number of methoxy groups -OCH3 is 1. The van der Waals surface area contributed by atoms with Crippen LogP contribution in [-0.2, 0) is 0 Å². The molecule has 1 aromatic carbocycles. The predicted molar refractivity (Wildman–Crippen MR) is 67.1 cm³/mol. The second-order valence-electron chi connectivity index (χ2n) is 4.30. The van der Waals surface area contributed by atoms with Crippen LogP contribution in [0.15, 0.2) is 36.7 Å². The van der Waals surface area contributed by atoms with Gasteiger partial charge in [0.25, 0.3) is 0 Å². The van der Waals surface area contributed by atoms with Gasteiger partial charge in [0.2, 0.25) is 0 Å². The summed E-state index contributed by atoms with van der Waals surface area (Å²) in [5.41, 5.74) is 0. The van der Waals surface area contributed by atoms with Crippen molar-refractivity contribution in [3.63, 3.8) is 0 Å². The molecule has 4 heteroatoms. The molecule has 2 aromatic rings. The van der Waals surface area contributed by atoms with Gasteiger partial charge >= 0.3 is 0 Å². The summed E-state index contributed by atoms with van der Waals surface area (Å²) in [7, 11) is 1.62. The van der Waals surface area contributed by atoms with Gasteiger partial charge in [0.05, 0.1) is 19.5 Å². The Labute approximate surface area is 106 Å². The molecule has 4 nitrogen and oxygen atoms in total. The molecule has 0 atom stereocenters. The van der Waals surface area contributed by atoms with Crippen LogP contribution in [0.3, 0.4) is 0 Å². The van der Waals surface area contributed by atoms with E-state index in [9.17, 15) is 0 Å². The van der Waals surface area contributed by atoms with Crippen LogP contribution in [-0.4, -0.2) is 17.1 Å². The average Bonchev–Trinajstić information content (AvgIpc) is 3.25. The maximum Gasteiger partial charge on any atom is 0.169 e. The fraction of sp³-hybridized carbons (Fsp3) is 0.286. The van der Waals surface area contributed by atoms with Crippen LogP contribution in [0.4, 0.5) is 0 Å². The Balaban J connectivity index is 1.78. The fourth-order valence-corrected chi connectivity index (χ4v) is 1.76. The highest BCUT2D eigenvalue weighted by molar-refractivity contribution is 5.41. The zero-order chi connectivity index (χ0) is 12.4. The normalized spacial score (nSPS) is 14.3. The number of nitrogens with zero attached hydrogens (tertiary/aromatic N) is 2. The highest BCUT2D eigenvalue weighted by atomic mass is 16.5. The number of benzene rings is 1. The number of para-hydroxylation sites is 2. The molecule has 1 fully saturated rings. The van der Waals surface area contributed by atoms with E-state index in [0.29, 0.717) is 23.2 Å². The largest absolute Gasteiger partial charge is 0.493 e. The van der Waals surface area contributed by atoms with Crippen molar-refractivity contribution in [1.29, 1.82) is 0 Å². The van der Waals surface area contributed by atoms with E-state index in [1.807, 2.05) is 24.3 Å². The van der Waals surface area contributed by atoms with Crippen molar-refractivity contribution in [3.05, 3.63) is 42.5 Å². The first kappa shape index (κ1) is 11.0. The van der Waals surface area contributed by atoms with Crippen molar-refractivity contribution >= 4 is 0 Å². The minimum absolute atomic E-state index is 0.560. The van der Waals surface area contributed by atoms with Gasteiger partial charge in [-0.05, 0) is 25.0 Å². The van der Waals surface area contributed by atoms with E-state index in [1.165, 1.54) is 12.8 Å². The summed E-state index contributed by atoms with van der Waals surface area (Å²) >= 11 is 0. The van der Waals surface area contributed by atoms with Crippen LogP contribution in [0.5, 0.6) is 17.2 Å². The van der Waals surface area contributed by atoms with Gasteiger partial charge < -0.3 is 9.47 Å². The lowest BCUT2D eigenvalue weighted by atomic mass is 10.3. The summed E-state index contributed by atoms with van der Waals surface area (Å²) in [6.45, 7) is 0. The van der Waals surface area contributed by atoms with Gasteiger partial charge in [-0.25, -0.2) is 9.97 Å². The van der Waals surface area contributed by atoms with Gasteiger partial charge in [0, 0.05) is 5.92 Å². The van der Waals surface area contributed by atoms with Crippen LogP contribution in [0, 0.1) is 0 Å². The Hall–Kier alpha value is -2.10. The lowest BCUT2D eigenvalue weighted by Gasteiger charge is -2.09. The molecule has 0 N–H and O–H groups in total. The SMILES string of the molecule is COc1ccccc1Oc1cnc(C2CC2)nc1. The first-order valence-electron chi connectivity index (χ1n) is 5.99. The van der Waals surface area contributed by atoms with Crippen LogP contribution >= 0.6 is 0 Å². The summed E-state index contributed by atoms with van der Waals surface area (Å²) < 4.78 is 10.9. The van der Waals surface area contributed by atoms with Crippen LogP contribution in [0.25, 0.3) is 0 Å². The van der Waals surface area contributed by atoms with Crippen molar-refractivity contribution < 1.29 is 9.47 Å². The van der Waals surface area contributed by atoms with Crippen LogP contribution in [0.2, 0.25) is 0 Å². The Kier molecular flexibility index (Phi) is 2.84. The minimum atomic E-state index is 0.560. The number of ether oxygens (including phenoxy) is 2. The molecule has 0 aliphatic heterocycles. The molecule has 0 saturated heterocycles. The third kappa shape index (κ3) is 2.27. The summed E-state index contributed by atoms with van der Waals surface area (Å²) in [4.78, 5) is 8.63. The molecule has 1 aromatic heterocycles. The van der Waals surface area contributed by atoms with E-state index in [4.69, 9.17) is 9.47 Å². The number of hydrogen-bond acceptors (Lipinski definition) is 4. The maximum absolute atomic E-state index is 5.71. The zero-order valence-electron chi connectivity index (χ0n) is 10.2. The highest BCUT2D eigenvalue weighted by Gasteiger charge is 2.26. The summed E-state index contributed by atoms with van der Waals surface area (Å²) in [5, 5.41) is 0. The molecule has 1 heterocycles. The number of hydrogen-bond donors (Lipinski definition) is 0. The van der Waals surface area contributed by atoms with Crippen LogP contribution in [0.1, 0.15) is 24.6 Å². The molecule has 0 unspecified atom stereocenters. The molecule has 92 valence electrons. The van der Waals surface area contributed by atoms with Crippen molar-refractivity contribution in [2.45, 2.75) is 18.8 Å². The minimum Gasteiger partial charge on any atom is -0.493 e. The first-order chi connectivity index (χ1) is 8.86. The van der Waals surface area contributed by atoms with E-state index in [1.54, 1.807) is 19.5 Å². The molecule has 0 radical (unpaired) electrons. The second-order valence-corrected chi connectivity index (χ2v) is 4.30. The smallest absolute Gasteiger partial charge is 0.169 e. The van der Waals surface area contributed by atoms with Gasteiger partial charge in [-0.2, -0.15) is 0 Å². The maximum atomic E-state index is 5.71. The third-order valence-electron chi connectivity index (χ3n) is 2.89. The molecular formula is C14H14N2O2. The second kappa shape index (κ2) is 4.64. The van der Waals surface area contributed by atoms with Gasteiger partial charge in [-0.1, -0.05) is 12.1 Å². The van der Waals surface area contributed by atoms with Crippen molar-refractivity contribution in [2.75, 3.05) is 7.11 Å². The molecule has 0 spiro atoms. The van der Waals surface area contributed by atoms with E-state index in [2.05, 4.69) is 9.97 Å². The standard InChI is InChI=1S/C14H14N2O2/c1-17-12-4-2-3-5-13(12)18-11-8-15-14(16-9-11)10-6-7-10/h2-5,8-10H,6-7H2,1H3. The monoisotopic (exact) mass is 242 g/mol. The first-order valence-corrected chi connectivity index (χ1v) is 5.99. The lowest BCUT2D eigenvalue weighted by Crippen LogP contribution is -1.94. The van der Waals surface area contributed by atoms with Crippen molar-refractivity contribution in [2.24, 2.45) is 0 Å². The molecule has 1 aliphatic rings. The molecule has 18 heavy (non-hydrogen) atoms. The average molecular weight is 242 g/mol. The summed E-state index contributed by atoms with van der Waals surface area (Å²) in [5.74, 6) is 3.48. The number of rotatable bonds is 4. The zero-order valence-corrected chi connectivity index (χ0v) is 10.2. The molecular weight excluding hydrogens is 228 g/mol. The Morgan fingerprint density at radius 3 is 2.33 bits per heavy atom. The van der Waals surface area contributed by atoms with Crippen molar-refractivity contribution in [1.82, 2.24) is 9.97 Å². The Morgan fingerprint density at radius 2 is 1.72 bits per heavy atom. The Morgan fingerprint density at radius 1 is 1.06 bits per heavy atom. The van der Waals surface area contributed by atoms with E-state index < -0.39 is 0 Å². The molecule has 0 bridgehead atoms. The van der Waals surface area contributed by atoms with Crippen LogP contribution < -0.4 is 9.47 Å². The van der Waals surface area contributed by atoms with Gasteiger partial charge in [0.15, 0.2) is 17.2 Å². The quantitative estimate of drug-likeness (QED) is 0.826. The summed E-state index contributed by atoms with van der Waals surface area (Å²) in [6.07, 6.45) is 5.83. The fourth-order valence-electron chi connectivity index (χ4n) is 1.76. The molecule has 1 saturated carbocycles. The van der Waals surface area contributed by atoms with Gasteiger partial charge in [-0.3, -0.25) is 0 Å². The van der Waals surface area contributed by atoms with Crippen molar-refractivity contribution in [3.8, 4) is 17.2 Å². The Bertz CT molecular complexity index is 536. The van der Waals surface area contributed by atoms with E-state index in [0.717, 1.165) is 5.82 Å². The van der Waals surface area contributed by atoms with Gasteiger partial charge in [0.1, 0.15) is 5.82 Å². The third-order valence-corrected chi connectivity index (χ3v) is 2.89. The van der Waals surface area contributed by atoms with Gasteiger partial charge in [-0.15, -0.1) is 0 Å². The lowest BCUT2D eigenvalue weighted by molar-refractivity contribution is 0.377.